The molecule has 2 heteroatoms. The van der Waals surface area contributed by atoms with Crippen molar-refractivity contribution in [2.24, 2.45) is 11.8 Å². The molecule has 0 aliphatic carbocycles. The number of halogens is 1. The van der Waals surface area contributed by atoms with Crippen molar-refractivity contribution in [3.05, 3.63) is 0 Å². The van der Waals surface area contributed by atoms with E-state index < -0.39 is 0 Å². The van der Waals surface area contributed by atoms with E-state index in [2.05, 4.69) is 33.0 Å². The first kappa shape index (κ1) is 42.4. The van der Waals surface area contributed by atoms with E-state index in [0.717, 1.165) is 11.8 Å². The Morgan fingerprint density at radius 1 is 0.350 bits per heavy atom. The van der Waals surface area contributed by atoms with Gasteiger partial charge in [-0.3, -0.25) is 0 Å². The van der Waals surface area contributed by atoms with Gasteiger partial charge in [-0.2, -0.15) is 0 Å². The SMILES string of the molecule is CCCCCCCCCCCCCCCCCCNCCC(C)CC(C)CCCCCCCCCCCCC.Cl. The third-order valence-electron chi connectivity index (χ3n) is 9.13. The highest BCUT2D eigenvalue weighted by Gasteiger charge is 2.08. The number of rotatable bonds is 34. The van der Waals surface area contributed by atoms with E-state index in [1.165, 1.54) is 206 Å². The van der Waals surface area contributed by atoms with Crippen molar-refractivity contribution in [2.45, 2.75) is 220 Å². The van der Waals surface area contributed by atoms with Gasteiger partial charge in [-0.25, -0.2) is 0 Å². The van der Waals surface area contributed by atoms with E-state index >= 15 is 0 Å². The van der Waals surface area contributed by atoms with Gasteiger partial charge in [-0.05, 0) is 44.2 Å². The zero-order chi connectivity index (χ0) is 28.5. The summed E-state index contributed by atoms with van der Waals surface area (Å²) in [6.45, 7) is 12.1. The van der Waals surface area contributed by atoms with Gasteiger partial charge in [0.2, 0.25) is 0 Å². The highest BCUT2D eigenvalue weighted by atomic mass is 35.5. The maximum Gasteiger partial charge on any atom is -0.00464 e. The van der Waals surface area contributed by atoms with E-state index in [4.69, 9.17) is 0 Å². The van der Waals surface area contributed by atoms with Crippen molar-refractivity contribution >= 4 is 12.4 Å². The Hall–Kier alpha value is 0.250. The van der Waals surface area contributed by atoms with Crippen LogP contribution in [0.15, 0.2) is 0 Å². The Bertz CT molecular complexity index is 426. The Morgan fingerprint density at radius 3 is 1.02 bits per heavy atom. The van der Waals surface area contributed by atoms with Crippen molar-refractivity contribution < 1.29 is 0 Å². The molecule has 2 unspecified atom stereocenters. The van der Waals surface area contributed by atoms with Crippen LogP contribution in [0.1, 0.15) is 220 Å². The van der Waals surface area contributed by atoms with Gasteiger partial charge in [0.05, 0.1) is 0 Å². The number of nitrogens with one attached hydrogen (secondary N) is 1. The lowest BCUT2D eigenvalue weighted by Crippen LogP contribution is -2.19. The minimum atomic E-state index is 0. The van der Waals surface area contributed by atoms with Gasteiger partial charge < -0.3 is 5.32 Å². The van der Waals surface area contributed by atoms with Crippen molar-refractivity contribution in [2.75, 3.05) is 13.1 Å². The molecule has 0 saturated heterocycles. The summed E-state index contributed by atoms with van der Waals surface area (Å²) in [4.78, 5) is 0. The number of hydrogen-bond donors (Lipinski definition) is 1. The molecule has 2 atom stereocenters. The molecule has 40 heavy (non-hydrogen) atoms. The molecule has 0 heterocycles. The van der Waals surface area contributed by atoms with Gasteiger partial charge >= 0.3 is 0 Å². The smallest absolute Gasteiger partial charge is 0.00464 e. The maximum absolute atomic E-state index is 3.73. The van der Waals surface area contributed by atoms with Crippen molar-refractivity contribution in [1.82, 2.24) is 5.32 Å². The first-order valence-electron chi connectivity index (χ1n) is 18.9. The number of unbranched alkanes of at least 4 members (excludes halogenated alkanes) is 25. The first-order chi connectivity index (χ1) is 19.2. The van der Waals surface area contributed by atoms with Crippen LogP contribution in [0.3, 0.4) is 0 Å². The zero-order valence-electron chi connectivity index (χ0n) is 28.7. The first-order valence-corrected chi connectivity index (χ1v) is 18.9. The highest BCUT2D eigenvalue weighted by molar-refractivity contribution is 5.85. The molecule has 0 saturated carbocycles. The van der Waals surface area contributed by atoms with Crippen LogP contribution >= 0.6 is 12.4 Å². The second-order valence-electron chi connectivity index (χ2n) is 13.6. The summed E-state index contributed by atoms with van der Waals surface area (Å²) in [6, 6.07) is 0. The van der Waals surface area contributed by atoms with Gasteiger partial charge in [-0.1, -0.05) is 201 Å². The monoisotopic (exact) mass is 586 g/mol. The molecule has 0 fully saturated rings. The van der Waals surface area contributed by atoms with Gasteiger partial charge in [-0.15, -0.1) is 12.4 Å². The second kappa shape index (κ2) is 37.3. The summed E-state index contributed by atoms with van der Waals surface area (Å²) in [7, 11) is 0. The third-order valence-corrected chi connectivity index (χ3v) is 9.13. The lowest BCUT2D eigenvalue weighted by molar-refractivity contribution is 0.361. The molecule has 0 aromatic carbocycles. The Labute approximate surface area is 262 Å². The fourth-order valence-corrected chi connectivity index (χ4v) is 6.35. The largest absolute Gasteiger partial charge is 0.317 e. The normalized spacial score (nSPS) is 12.9. The molecule has 0 bridgehead atoms. The molecule has 244 valence electrons. The summed E-state index contributed by atoms with van der Waals surface area (Å²) < 4.78 is 0. The fourth-order valence-electron chi connectivity index (χ4n) is 6.35. The van der Waals surface area contributed by atoms with Crippen LogP contribution in [-0.2, 0) is 0 Å². The molecule has 0 aliphatic rings. The molecular formula is C38H80ClN. The van der Waals surface area contributed by atoms with Gasteiger partial charge in [0.25, 0.3) is 0 Å². The molecule has 0 aromatic heterocycles. The van der Waals surface area contributed by atoms with E-state index in [9.17, 15) is 0 Å². The minimum Gasteiger partial charge on any atom is -0.317 e. The molecule has 0 aromatic rings. The van der Waals surface area contributed by atoms with E-state index in [-0.39, 0.29) is 12.4 Å². The molecule has 1 nitrogen and oxygen atoms in total. The summed E-state index contributed by atoms with van der Waals surface area (Å²) >= 11 is 0. The molecular weight excluding hydrogens is 506 g/mol. The molecule has 0 rings (SSSR count). The topological polar surface area (TPSA) is 12.0 Å². The van der Waals surface area contributed by atoms with Crippen LogP contribution in [0.5, 0.6) is 0 Å². The molecule has 1 N–H and O–H groups in total. The maximum atomic E-state index is 3.73. The highest BCUT2D eigenvalue weighted by Crippen LogP contribution is 2.21. The van der Waals surface area contributed by atoms with Crippen molar-refractivity contribution in [3.63, 3.8) is 0 Å². The van der Waals surface area contributed by atoms with E-state index in [1.807, 2.05) is 0 Å². The average molecular weight is 587 g/mol. The Morgan fingerprint density at radius 2 is 0.650 bits per heavy atom. The van der Waals surface area contributed by atoms with Crippen LogP contribution in [0.4, 0.5) is 0 Å². The standard InChI is InChI=1S/C38H79N.ClH/c1-5-7-9-11-13-15-17-18-19-20-21-23-25-27-29-31-34-39-35-33-38(4)36-37(3)32-30-28-26-24-22-16-14-12-10-8-6-2;/h37-39H,5-36H2,1-4H3;1H. The molecule has 0 radical (unpaired) electrons. The van der Waals surface area contributed by atoms with E-state index in [0.29, 0.717) is 0 Å². The van der Waals surface area contributed by atoms with Gasteiger partial charge in [0.15, 0.2) is 0 Å². The van der Waals surface area contributed by atoms with Gasteiger partial charge in [0, 0.05) is 0 Å². The van der Waals surface area contributed by atoms with Crippen molar-refractivity contribution in [3.8, 4) is 0 Å². The predicted molar refractivity (Wildman–Crippen MR) is 188 cm³/mol. The zero-order valence-corrected chi connectivity index (χ0v) is 29.5. The summed E-state index contributed by atoms with van der Waals surface area (Å²) in [5.41, 5.74) is 0. The molecule has 0 amide bonds. The molecule has 0 spiro atoms. The van der Waals surface area contributed by atoms with Crippen molar-refractivity contribution in [1.29, 1.82) is 0 Å². The number of hydrogen-bond acceptors (Lipinski definition) is 1. The van der Waals surface area contributed by atoms with Crippen LogP contribution in [-0.4, -0.2) is 13.1 Å². The minimum absolute atomic E-state index is 0. The Kier molecular flexibility index (Phi) is 39.5. The lowest BCUT2D eigenvalue weighted by Gasteiger charge is -2.17. The van der Waals surface area contributed by atoms with E-state index in [1.54, 1.807) is 0 Å². The second-order valence-corrected chi connectivity index (χ2v) is 13.6. The third kappa shape index (κ3) is 36.3. The average Bonchev–Trinajstić information content (AvgIpc) is 2.93. The summed E-state index contributed by atoms with van der Waals surface area (Å²) in [5.74, 6) is 1.80. The van der Waals surface area contributed by atoms with Crippen LogP contribution in [0, 0.1) is 11.8 Å². The van der Waals surface area contributed by atoms with Gasteiger partial charge in [0.1, 0.15) is 0 Å². The summed E-state index contributed by atoms with van der Waals surface area (Å²) in [6.07, 6.45) is 43.6. The molecule has 0 aliphatic heterocycles. The van der Waals surface area contributed by atoms with Crippen LogP contribution < -0.4 is 5.32 Å². The predicted octanol–water partition coefficient (Wildman–Crippen LogP) is 14.0. The quantitative estimate of drug-likeness (QED) is 0.0740. The summed E-state index contributed by atoms with van der Waals surface area (Å²) in [5, 5.41) is 3.73. The Balaban J connectivity index is 0. The lowest BCUT2D eigenvalue weighted by atomic mass is 9.90. The van der Waals surface area contributed by atoms with Crippen LogP contribution in [0.2, 0.25) is 0 Å². The van der Waals surface area contributed by atoms with Crippen LogP contribution in [0.25, 0.3) is 0 Å². The fraction of sp³-hybridized carbons (Fsp3) is 1.00.